The van der Waals surface area contributed by atoms with Gasteiger partial charge in [-0.25, -0.2) is 0 Å². The van der Waals surface area contributed by atoms with Crippen molar-refractivity contribution >= 4 is 17.7 Å². The van der Waals surface area contributed by atoms with Crippen LogP contribution in [-0.2, 0) is 4.79 Å². The minimum absolute atomic E-state index is 0.165. The number of benzene rings is 2. The predicted octanol–water partition coefficient (Wildman–Crippen LogP) is 4.60. The summed E-state index contributed by atoms with van der Waals surface area (Å²) in [4.78, 5) is 14.7. The van der Waals surface area contributed by atoms with Gasteiger partial charge in [-0.15, -0.1) is 10.2 Å². The van der Waals surface area contributed by atoms with E-state index in [2.05, 4.69) is 48.3 Å². The topological polar surface area (TPSA) is 60.3 Å². The first-order valence-electron chi connectivity index (χ1n) is 10.6. The van der Waals surface area contributed by atoms with E-state index in [9.17, 15) is 4.79 Å². The molecule has 31 heavy (non-hydrogen) atoms. The van der Waals surface area contributed by atoms with E-state index in [1.54, 1.807) is 7.11 Å². The van der Waals surface area contributed by atoms with E-state index >= 15 is 0 Å². The monoisotopic (exact) mass is 436 g/mol. The van der Waals surface area contributed by atoms with Crippen molar-refractivity contribution in [1.82, 2.24) is 19.7 Å². The highest BCUT2D eigenvalue weighted by Crippen LogP contribution is 2.30. The van der Waals surface area contributed by atoms with Crippen LogP contribution < -0.4 is 4.74 Å². The fourth-order valence-electron chi connectivity index (χ4n) is 3.71. The first-order chi connectivity index (χ1) is 15.0. The number of aromatic nitrogens is 3. The molecule has 0 bridgehead atoms. The third kappa shape index (κ3) is 4.93. The minimum Gasteiger partial charge on any atom is -0.497 e. The summed E-state index contributed by atoms with van der Waals surface area (Å²) in [6.45, 7) is 6.01. The number of rotatable bonds is 6. The van der Waals surface area contributed by atoms with Gasteiger partial charge in [-0.3, -0.25) is 9.36 Å². The summed E-state index contributed by atoms with van der Waals surface area (Å²) in [5.74, 6) is 2.71. The Morgan fingerprint density at radius 3 is 2.58 bits per heavy atom. The molecule has 0 aliphatic carbocycles. The number of ether oxygens (including phenoxy) is 1. The Bertz CT molecular complexity index is 1040. The summed E-state index contributed by atoms with van der Waals surface area (Å²) >= 11 is 1.44. The van der Waals surface area contributed by atoms with Crippen molar-refractivity contribution < 1.29 is 9.53 Å². The molecular weight excluding hydrogens is 408 g/mol. The quantitative estimate of drug-likeness (QED) is 0.529. The van der Waals surface area contributed by atoms with E-state index in [0.717, 1.165) is 48.8 Å². The molecule has 1 aliphatic heterocycles. The van der Waals surface area contributed by atoms with Crippen LogP contribution in [0.15, 0.2) is 53.7 Å². The molecule has 162 valence electrons. The van der Waals surface area contributed by atoms with Crippen LogP contribution in [0, 0.1) is 12.8 Å². The number of hydrogen-bond donors (Lipinski definition) is 0. The lowest BCUT2D eigenvalue weighted by molar-refractivity contribution is -0.129. The molecule has 4 rings (SSSR count). The number of methoxy groups -OCH3 is 1. The molecule has 7 heteroatoms. The lowest BCUT2D eigenvalue weighted by atomic mass is 9.99. The van der Waals surface area contributed by atoms with E-state index in [-0.39, 0.29) is 5.91 Å². The van der Waals surface area contributed by atoms with E-state index in [1.165, 1.54) is 17.3 Å². The van der Waals surface area contributed by atoms with Gasteiger partial charge < -0.3 is 9.64 Å². The highest BCUT2D eigenvalue weighted by atomic mass is 32.2. The highest BCUT2D eigenvalue weighted by molar-refractivity contribution is 7.99. The number of carbonyl (C=O) groups is 1. The molecule has 1 aliphatic rings. The molecule has 2 heterocycles. The molecule has 1 fully saturated rings. The summed E-state index contributed by atoms with van der Waals surface area (Å²) in [5.41, 5.74) is 3.06. The van der Waals surface area contributed by atoms with Crippen LogP contribution in [0.2, 0.25) is 0 Å². The molecule has 0 atom stereocenters. The van der Waals surface area contributed by atoms with Gasteiger partial charge in [0.15, 0.2) is 11.0 Å². The van der Waals surface area contributed by atoms with Gasteiger partial charge in [0.2, 0.25) is 5.91 Å². The number of nitrogens with zero attached hydrogens (tertiary/aromatic N) is 4. The Hall–Kier alpha value is -2.80. The van der Waals surface area contributed by atoms with Crippen molar-refractivity contribution in [2.75, 3.05) is 26.0 Å². The molecule has 0 unspecified atom stereocenters. The number of thioether (sulfide) groups is 1. The third-order valence-corrected chi connectivity index (χ3v) is 6.63. The smallest absolute Gasteiger partial charge is 0.233 e. The largest absolute Gasteiger partial charge is 0.497 e. The Kier molecular flexibility index (Phi) is 6.61. The van der Waals surface area contributed by atoms with Crippen LogP contribution in [0.4, 0.5) is 0 Å². The second-order valence-electron chi connectivity index (χ2n) is 8.06. The molecule has 1 aromatic heterocycles. The van der Waals surface area contributed by atoms with Crippen LogP contribution >= 0.6 is 11.8 Å². The van der Waals surface area contributed by atoms with Crippen LogP contribution in [-0.4, -0.2) is 51.5 Å². The lowest BCUT2D eigenvalue weighted by Crippen LogP contribution is -2.38. The summed E-state index contributed by atoms with van der Waals surface area (Å²) in [7, 11) is 1.65. The summed E-state index contributed by atoms with van der Waals surface area (Å²) < 4.78 is 7.40. The maximum absolute atomic E-state index is 12.8. The minimum atomic E-state index is 0.165. The van der Waals surface area contributed by atoms with Crippen molar-refractivity contribution in [3.63, 3.8) is 0 Å². The first kappa shape index (κ1) is 21.4. The van der Waals surface area contributed by atoms with Crippen molar-refractivity contribution in [3.8, 4) is 22.8 Å². The van der Waals surface area contributed by atoms with E-state index in [4.69, 9.17) is 4.74 Å². The third-order valence-electron chi connectivity index (χ3n) is 5.71. The second-order valence-corrected chi connectivity index (χ2v) is 9.00. The second kappa shape index (κ2) is 9.56. The van der Waals surface area contributed by atoms with Crippen LogP contribution in [0.5, 0.6) is 5.75 Å². The zero-order valence-electron chi connectivity index (χ0n) is 18.2. The summed E-state index contributed by atoms with van der Waals surface area (Å²) in [6, 6.07) is 16.0. The number of amides is 1. The Morgan fingerprint density at radius 1 is 1.13 bits per heavy atom. The van der Waals surface area contributed by atoms with Gasteiger partial charge in [-0.05, 0) is 49.9 Å². The summed E-state index contributed by atoms with van der Waals surface area (Å²) in [6.07, 6.45) is 2.16. The fourth-order valence-corrected chi connectivity index (χ4v) is 4.57. The van der Waals surface area contributed by atoms with Crippen LogP contribution in [0.3, 0.4) is 0 Å². The molecule has 2 aromatic carbocycles. The molecular formula is C24H28N4O2S. The van der Waals surface area contributed by atoms with E-state index in [1.807, 2.05) is 33.7 Å². The molecule has 0 spiro atoms. The number of likely N-dealkylation sites (tertiary alicyclic amines) is 1. The van der Waals surface area contributed by atoms with Crippen molar-refractivity contribution in [1.29, 1.82) is 0 Å². The van der Waals surface area contributed by atoms with Gasteiger partial charge in [0.05, 0.1) is 12.9 Å². The Labute approximate surface area is 187 Å². The Morgan fingerprint density at radius 2 is 1.87 bits per heavy atom. The maximum atomic E-state index is 12.8. The first-order valence-corrected chi connectivity index (χ1v) is 11.6. The number of carbonyl (C=O) groups excluding carboxylic acids is 1. The highest BCUT2D eigenvalue weighted by Gasteiger charge is 2.22. The summed E-state index contributed by atoms with van der Waals surface area (Å²) in [5, 5.41) is 9.62. The average molecular weight is 437 g/mol. The number of aryl methyl sites for hydroxylation is 1. The molecule has 1 amide bonds. The van der Waals surface area contributed by atoms with Crippen molar-refractivity contribution in [2.24, 2.45) is 5.92 Å². The van der Waals surface area contributed by atoms with E-state index < -0.39 is 0 Å². The standard InChI is InChI=1S/C24H28N4O2S/c1-17-7-9-20(10-8-17)28-23(19-5-4-6-21(15-19)30-3)25-26-24(28)31-16-22(29)27-13-11-18(2)12-14-27/h4-10,15,18H,11-14,16H2,1-3H3. The Balaban J connectivity index is 1.62. The maximum Gasteiger partial charge on any atom is 0.233 e. The van der Waals surface area contributed by atoms with Crippen LogP contribution in [0.1, 0.15) is 25.3 Å². The molecule has 6 nitrogen and oxygen atoms in total. The molecule has 3 aromatic rings. The normalized spacial score (nSPS) is 14.6. The molecule has 1 saturated heterocycles. The number of piperidine rings is 1. The predicted molar refractivity (Wildman–Crippen MR) is 124 cm³/mol. The fraction of sp³-hybridized carbons (Fsp3) is 0.375. The zero-order chi connectivity index (χ0) is 21.8. The van der Waals surface area contributed by atoms with E-state index in [0.29, 0.717) is 16.8 Å². The van der Waals surface area contributed by atoms with Gasteiger partial charge in [-0.1, -0.05) is 48.5 Å². The molecule has 0 saturated carbocycles. The van der Waals surface area contributed by atoms with Crippen molar-refractivity contribution in [3.05, 3.63) is 54.1 Å². The van der Waals surface area contributed by atoms with Gasteiger partial charge in [-0.2, -0.15) is 0 Å². The van der Waals surface area contributed by atoms with Gasteiger partial charge in [0.1, 0.15) is 5.75 Å². The van der Waals surface area contributed by atoms with Gasteiger partial charge in [0, 0.05) is 24.3 Å². The average Bonchev–Trinajstić information content (AvgIpc) is 3.22. The van der Waals surface area contributed by atoms with Crippen LogP contribution in [0.25, 0.3) is 17.1 Å². The zero-order valence-corrected chi connectivity index (χ0v) is 19.1. The van der Waals surface area contributed by atoms with Crippen molar-refractivity contribution in [2.45, 2.75) is 31.8 Å². The SMILES string of the molecule is COc1cccc(-c2nnc(SCC(=O)N3CCC(C)CC3)n2-c2ccc(C)cc2)c1. The lowest BCUT2D eigenvalue weighted by Gasteiger charge is -2.30. The molecule has 0 N–H and O–H groups in total. The molecule has 0 radical (unpaired) electrons. The van der Waals surface area contributed by atoms with Gasteiger partial charge >= 0.3 is 0 Å². The van der Waals surface area contributed by atoms with Gasteiger partial charge in [0.25, 0.3) is 0 Å². The number of hydrogen-bond acceptors (Lipinski definition) is 5.